The van der Waals surface area contributed by atoms with Crippen molar-refractivity contribution >= 4 is 17.5 Å². The molecule has 6 heteroatoms. The molecule has 2 aliphatic rings. The fraction of sp³-hybridized carbons (Fsp3) is 0.333. The molecular formula is C24H23ClFN3O. The molecule has 0 radical (unpaired) electrons. The van der Waals surface area contributed by atoms with Gasteiger partial charge >= 0.3 is 0 Å². The van der Waals surface area contributed by atoms with E-state index in [1.807, 2.05) is 22.8 Å². The van der Waals surface area contributed by atoms with E-state index in [1.165, 1.54) is 11.6 Å². The first kappa shape index (κ1) is 19.3. The van der Waals surface area contributed by atoms with Gasteiger partial charge in [-0.3, -0.25) is 9.36 Å². The standard InChI is InChI=1S/C24H23ClFN3O/c25-18-11-9-17(10-12-18)16-7-5-15(6-8-16)13-22-28-23-21(14-27-24(23)30)29(22)20-4-2-1-3-19(20)26/h1-4,9-12,15-16H,5-8,13-14H2,(H,27,30). The minimum absolute atomic E-state index is 0.173. The van der Waals surface area contributed by atoms with Crippen LogP contribution >= 0.6 is 11.6 Å². The van der Waals surface area contributed by atoms with E-state index in [-0.39, 0.29) is 11.7 Å². The van der Waals surface area contributed by atoms with Gasteiger partial charge in [0, 0.05) is 11.4 Å². The number of para-hydroxylation sites is 1. The number of nitrogens with zero attached hydrogens (tertiary/aromatic N) is 2. The van der Waals surface area contributed by atoms with Gasteiger partial charge in [0.1, 0.15) is 11.6 Å². The number of nitrogens with one attached hydrogen (secondary N) is 1. The normalized spacial score (nSPS) is 20.8. The van der Waals surface area contributed by atoms with Crippen LogP contribution in [0.25, 0.3) is 5.69 Å². The van der Waals surface area contributed by atoms with Crippen molar-refractivity contribution < 1.29 is 9.18 Å². The van der Waals surface area contributed by atoms with Crippen molar-refractivity contribution in [2.75, 3.05) is 0 Å². The largest absolute Gasteiger partial charge is 0.345 e. The Hall–Kier alpha value is -2.66. The van der Waals surface area contributed by atoms with Gasteiger partial charge in [-0.2, -0.15) is 0 Å². The van der Waals surface area contributed by atoms with Crippen LogP contribution in [-0.2, 0) is 13.0 Å². The highest BCUT2D eigenvalue weighted by Gasteiger charge is 2.31. The van der Waals surface area contributed by atoms with Crippen molar-refractivity contribution in [1.29, 1.82) is 0 Å². The number of carbonyl (C=O) groups is 1. The number of hydrogen-bond acceptors (Lipinski definition) is 2. The molecule has 2 heterocycles. The number of carbonyl (C=O) groups excluding carboxylic acids is 1. The molecule has 3 aromatic rings. The van der Waals surface area contributed by atoms with Gasteiger partial charge in [0.25, 0.3) is 5.91 Å². The molecule has 30 heavy (non-hydrogen) atoms. The van der Waals surface area contributed by atoms with Crippen LogP contribution in [-0.4, -0.2) is 15.5 Å². The van der Waals surface area contributed by atoms with Gasteiger partial charge in [-0.25, -0.2) is 9.37 Å². The average Bonchev–Trinajstić information content (AvgIpc) is 3.29. The van der Waals surface area contributed by atoms with Crippen LogP contribution in [0.3, 0.4) is 0 Å². The lowest BCUT2D eigenvalue weighted by molar-refractivity contribution is 0.0961. The number of hydrogen-bond donors (Lipinski definition) is 1. The van der Waals surface area contributed by atoms with Gasteiger partial charge in [0.2, 0.25) is 0 Å². The highest BCUT2D eigenvalue weighted by atomic mass is 35.5. The summed E-state index contributed by atoms with van der Waals surface area (Å²) in [6, 6.07) is 14.9. The Morgan fingerprint density at radius 3 is 2.53 bits per heavy atom. The summed E-state index contributed by atoms with van der Waals surface area (Å²) in [5.41, 5.74) is 3.01. The zero-order valence-electron chi connectivity index (χ0n) is 16.6. The Kier molecular flexibility index (Phi) is 5.07. The third kappa shape index (κ3) is 3.52. The van der Waals surface area contributed by atoms with Crippen molar-refractivity contribution in [2.24, 2.45) is 5.92 Å². The quantitative estimate of drug-likeness (QED) is 0.608. The van der Waals surface area contributed by atoms with E-state index in [4.69, 9.17) is 11.6 Å². The molecule has 0 spiro atoms. The predicted octanol–water partition coefficient (Wildman–Crippen LogP) is 5.42. The van der Waals surface area contributed by atoms with Crippen LogP contribution in [0, 0.1) is 11.7 Å². The molecule has 5 rings (SSSR count). The molecule has 1 aromatic heterocycles. The summed E-state index contributed by atoms with van der Waals surface area (Å²) in [7, 11) is 0. The van der Waals surface area contributed by atoms with Gasteiger partial charge < -0.3 is 5.32 Å². The summed E-state index contributed by atoms with van der Waals surface area (Å²) < 4.78 is 16.4. The molecule has 0 unspecified atom stereocenters. The van der Waals surface area contributed by atoms with Crippen molar-refractivity contribution in [1.82, 2.24) is 14.9 Å². The molecule has 4 nitrogen and oxygen atoms in total. The topological polar surface area (TPSA) is 46.9 Å². The Balaban J connectivity index is 1.37. The molecule has 1 amide bonds. The molecular weight excluding hydrogens is 401 g/mol. The van der Waals surface area contributed by atoms with E-state index in [1.54, 1.807) is 12.1 Å². The zero-order valence-corrected chi connectivity index (χ0v) is 17.3. The summed E-state index contributed by atoms with van der Waals surface area (Å²) in [5, 5.41) is 3.57. The molecule has 0 saturated heterocycles. The fourth-order valence-electron chi connectivity index (χ4n) is 4.85. The monoisotopic (exact) mass is 423 g/mol. The maximum Gasteiger partial charge on any atom is 0.272 e. The molecule has 154 valence electrons. The van der Waals surface area contributed by atoms with Crippen molar-refractivity contribution in [3.63, 3.8) is 0 Å². The van der Waals surface area contributed by atoms with Gasteiger partial charge in [0.15, 0.2) is 5.69 Å². The Labute approximate surface area is 180 Å². The van der Waals surface area contributed by atoms with E-state index in [2.05, 4.69) is 22.4 Å². The minimum Gasteiger partial charge on any atom is -0.345 e. The summed E-state index contributed by atoms with van der Waals surface area (Å²) in [6.07, 6.45) is 5.17. The second-order valence-corrected chi connectivity index (χ2v) is 8.70. The predicted molar refractivity (Wildman–Crippen MR) is 115 cm³/mol. The lowest BCUT2D eigenvalue weighted by atomic mass is 9.77. The average molecular weight is 424 g/mol. The van der Waals surface area contributed by atoms with Crippen molar-refractivity contribution in [3.05, 3.63) is 82.1 Å². The molecule has 0 bridgehead atoms. The summed E-state index contributed by atoms with van der Waals surface area (Å²) in [5.74, 6) is 1.35. The van der Waals surface area contributed by atoms with Crippen molar-refractivity contribution in [2.45, 2.75) is 44.6 Å². The number of halogens is 2. The smallest absolute Gasteiger partial charge is 0.272 e. The molecule has 1 aliphatic heterocycles. The van der Waals surface area contributed by atoms with Crippen LogP contribution < -0.4 is 5.32 Å². The van der Waals surface area contributed by atoms with E-state index in [0.717, 1.165) is 48.6 Å². The first-order valence-corrected chi connectivity index (χ1v) is 10.9. The first-order valence-electron chi connectivity index (χ1n) is 10.5. The van der Waals surface area contributed by atoms with Crippen LogP contribution in [0.15, 0.2) is 48.5 Å². The third-order valence-electron chi connectivity index (χ3n) is 6.43. The van der Waals surface area contributed by atoms with Crippen LogP contribution in [0.2, 0.25) is 5.02 Å². The Bertz CT molecular complexity index is 1080. The fourth-order valence-corrected chi connectivity index (χ4v) is 4.97. The van der Waals surface area contributed by atoms with E-state index < -0.39 is 0 Å². The number of rotatable bonds is 4. The SMILES string of the molecule is O=C1NCc2c1nc(CC1CCC(c3ccc(Cl)cc3)CC1)n2-c1ccccc1F. The van der Waals surface area contributed by atoms with E-state index in [9.17, 15) is 9.18 Å². The lowest BCUT2D eigenvalue weighted by Crippen LogP contribution is -2.20. The minimum atomic E-state index is -0.301. The third-order valence-corrected chi connectivity index (χ3v) is 6.68. The maximum atomic E-state index is 14.6. The zero-order chi connectivity index (χ0) is 20.7. The molecule has 1 N–H and O–H groups in total. The number of fused-ring (bicyclic) bond motifs is 1. The lowest BCUT2D eigenvalue weighted by Gasteiger charge is -2.29. The number of amides is 1. The van der Waals surface area contributed by atoms with Gasteiger partial charge in [-0.15, -0.1) is 0 Å². The highest BCUT2D eigenvalue weighted by molar-refractivity contribution is 6.30. The van der Waals surface area contributed by atoms with Gasteiger partial charge in [-0.1, -0.05) is 35.9 Å². The Morgan fingerprint density at radius 2 is 1.80 bits per heavy atom. The number of aromatic nitrogens is 2. The maximum absolute atomic E-state index is 14.6. The summed E-state index contributed by atoms with van der Waals surface area (Å²) >= 11 is 6.02. The van der Waals surface area contributed by atoms with Crippen LogP contribution in [0.5, 0.6) is 0 Å². The Morgan fingerprint density at radius 1 is 1.07 bits per heavy atom. The molecule has 0 atom stereocenters. The summed E-state index contributed by atoms with van der Waals surface area (Å²) in [4.78, 5) is 16.8. The molecule has 1 fully saturated rings. The van der Waals surface area contributed by atoms with Gasteiger partial charge in [-0.05, 0) is 67.3 Å². The second-order valence-electron chi connectivity index (χ2n) is 8.27. The van der Waals surface area contributed by atoms with E-state index in [0.29, 0.717) is 29.8 Å². The molecule has 2 aromatic carbocycles. The van der Waals surface area contributed by atoms with Crippen LogP contribution in [0.1, 0.15) is 59.2 Å². The molecule has 1 aliphatic carbocycles. The number of benzene rings is 2. The summed E-state index contributed by atoms with van der Waals surface area (Å²) in [6.45, 7) is 0.388. The first-order chi connectivity index (χ1) is 14.6. The number of imidazole rings is 1. The second kappa shape index (κ2) is 7.88. The highest BCUT2D eigenvalue weighted by Crippen LogP contribution is 2.38. The van der Waals surface area contributed by atoms with Gasteiger partial charge in [0.05, 0.1) is 17.9 Å². The van der Waals surface area contributed by atoms with Crippen LogP contribution in [0.4, 0.5) is 4.39 Å². The van der Waals surface area contributed by atoms with Crippen molar-refractivity contribution in [3.8, 4) is 5.69 Å². The van der Waals surface area contributed by atoms with E-state index >= 15 is 0 Å². The molecule has 1 saturated carbocycles.